The highest BCUT2D eigenvalue weighted by Gasteiger charge is 2.10. The zero-order chi connectivity index (χ0) is 13.8. The van der Waals surface area contributed by atoms with Gasteiger partial charge in [-0.1, -0.05) is 0 Å². The number of aromatic carboxylic acids is 1. The van der Waals surface area contributed by atoms with E-state index in [-0.39, 0.29) is 13.1 Å². The molecule has 8 heteroatoms. The average Bonchev–Trinajstić information content (AvgIpc) is 2.22. The minimum absolute atomic E-state index is 0.154. The second-order valence-electron chi connectivity index (χ2n) is 3.59. The van der Waals surface area contributed by atoms with Crippen molar-refractivity contribution in [3.05, 3.63) is 29.6 Å². The molecule has 0 aliphatic heterocycles. The van der Waals surface area contributed by atoms with E-state index < -0.39 is 27.4 Å². The number of rotatable bonds is 6. The second-order valence-corrected chi connectivity index (χ2v) is 5.43. The first-order chi connectivity index (χ1) is 8.29. The van der Waals surface area contributed by atoms with Gasteiger partial charge in [-0.15, -0.1) is 0 Å². The third kappa shape index (κ3) is 4.68. The standard InChI is InChI=1S/C10H13FN2O4S/c1-18(16,17)13-5-4-12-7-2-3-8(10(14)15)9(11)6-7/h2-3,6,12-13H,4-5H2,1H3,(H,14,15). The van der Waals surface area contributed by atoms with Crippen LogP contribution < -0.4 is 10.0 Å². The van der Waals surface area contributed by atoms with E-state index in [1.807, 2.05) is 0 Å². The van der Waals surface area contributed by atoms with E-state index in [1.165, 1.54) is 6.07 Å². The fraction of sp³-hybridized carbons (Fsp3) is 0.300. The van der Waals surface area contributed by atoms with Crippen LogP contribution in [0.15, 0.2) is 18.2 Å². The lowest BCUT2D eigenvalue weighted by Crippen LogP contribution is -2.27. The number of carboxylic acid groups (broad SMARTS) is 1. The molecule has 1 rings (SSSR count). The summed E-state index contributed by atoms with van der Waals surface area (Å²) in [6.07, 6.45) is 1.04. The van der Waals surface area contributed by atoms with Crippen LogP contribution in [0.1, 0.15) is 10.4 Å². The molecule has 0 saturated heterocycles. The quantitative estimate of drug-likeness (QED) is 0.657. The van der Waals surface area contributed by atoms with Gasteiger partial charge >= 0.3 is 5.97 Å². The zero-order valence-electron chi connectivity index (χ0n) is 9.60. The van der Waals surface area contributed by atoms with E-state index in [2.05, 4.69) is 10.0 Å². The van der Waals surface area contributed by atoms with Gasteiger partial charge in [-0.2, -0.15) is 0 Å². The molecule has 3 N–H and O–H groups in total. The smallest absolute Gasteiger partial charge is 0.338 e. The van der Waals surface area contributed by atoms with Gasteiger partial charge in [0, 0.05) is 18.8 Å². The molecule has 6 nitrogen and oxygen atoms in total. The summed E-state index contributed by atoms with van der Waals surface area (Å²) in [5, 5.41) is 11.4. The van der Waals surface area contributed by atoms with Crippen molar-refractivity contribution in [2.24, 2.45) is 0 Å². The van der Waals surface area contributed by atoms with E-state index in [9.17, 15) is 17.6 Å². The molecule has 0 aliphatic carbocycles. The lowest BCUT2D eigenvalue weighted by atomic mass is 10.2. The zero-order valence-corrected chi connectivity index (χ0v) is 10.4. The van der Waals surface area contributed by atoms with Crippen LogP contribution in [0.5, 0.6) is 0 Å². The Balaban J connectivity index is 2.54. The number of nitrogens with one attached hydrogen (secondary N) is 2. The van der Waals surface area contributed by atoms with Crippen LogP contribution >= 0.6 is 0 Å². The molecule has 0 unspecified atom stereocenters. The molecular weight excluding hydrogens is 263 g/mol. The summed E-state index contributed by atoms with van der Waals surface area (Å²) in [5.74, 6) is -2.18. The van der Waals surface area contributed by atoms with Crippen LogP contribution in [0.2, 0.25) is 0 Å². The molecule has 0 heterocycles. The Bertz CT molecular complexity index is 545. The van der Waals surface area contributed by atoms with Crippen LogP contribution in [-0.2, 0) is 10.0 Å². The summed E-state index contributed by atoms with van der Waals surface area (Å²) in [6, 6.07) is 3.60. The molecule has 0 saturated carbocycles. The molecular formula is C10H13FN2O4S. The van der Waals surface area contributed by atoms with Crippen molar-refractivity contribution in [3.63, 3.8) is 0 Å². The van der Waals surface area contributed by atoms with Crippen LogP contribution in [-0.4, -0.2) is 38.8 Å². The number of hydrogen-bond donors (Lipinski definition) is 3. The Hall–Kier alpha value is -1.67. The van der Waals surface area contributed by atoms with Crippen molar-refractivity contribution in [1.82, 2.24) is 4.72 Å². The normalized spacial score (nSPS) is 11.2. The molecule has 0 spiro atoms. The predicted molar refractivity (Wildman–Crippen MR) is 64.7 cm³/mol. The number of benzene rings is 1. The Labute approximate surface area is 104 Å². The number of anilines is 1. The van der Waals surface area contributed by atoms with E-state index in [1.54, 1.807) is 0 Å². The Morgan fingerprint density at radius 1 is 1.39 bits per heavy atom. The first-order valence-electron chi connectivity index (χ1n) is 5.01. The molecule has 0 radical (unpaired) electrons. The summed E-state index contributed by atoms with van der Waals surface area (Å²) in [4.78, 5) is 10.6. The predicted octanol–water partition coefficient (Wildman–Crippen LogP) is 0.485. The lowest BCUT2D eigenvalue weighted by Gasteiger charge is -2.07. The molecule has 0 atom stereocenters. The summed E-state index contributed by atoms with van der Waals surface area (Å²) >= 11 is 0. The Kier molecular flexibility index (Phi) is 4.62. The molecule has 0 fully saturated rings. The van der Waals surface area contributed by atoms with Gasteiger partial charge in [-0.3, -0.25) is 0 Å². The Morgan fingerprint density at radius 3 is 2.56 bits per heavy atom. The summed E-state index contributed by atoms with van der Waals surface area (Å²) in [5.41, 5.74) is -0.0254. The third-order valence-electron chi connectivity index (χ3n) is 2.02. The first kappa shape index (κ1) is 14.4. The van der Waals surface area contributed by atoms with Crippen LogP contribution in [0.25, 0.3) is 0 Å². The van der Waals surface area contributed by atoms with Gasteiger partial charge in [0.2, 0.25) is 10.0 Å². The van der Waals surface area contributed by atoms with Gasteiger partial charge in [0.25, 0.3) is 0 Å². The molecule has 18 heavy (non-hydrogen) atoms. The fourth-order valence-electron chi connectivity index (χ4n) is 1.24. The second kappa shape index (κ2) is 5.78. The van der Waals surface area contributed by atoms with Crippen LogP contribution in [0.4, 0.5) is 10.1 Å². The van der Waals surface area contributed by atoms with Gasteiger partial charge in [0.15, 0.2) is 0 Å². The van der Waals surface area contributed by atoms with Crippen molar-refractivity contribution >= 4 is 21.7 Å². The van der Waals surface area contributed by atoms with Gasteiger partial charge < -0.3 is 10.4 Å². The van der Waals surface area contributed by atoms with E-state index in [4.69, 9.17) is 5.11 Å². The molecule has 1 aromatic carbocycles. The number of carbonyl (C=O) groups is 1. The van der Waals surface area contributed by atoms with E-state index in [0.29, 0.717) is 5.69 Å². The first-order valence-corrected chi connectivity index (χ1v) is 6.90. The Morgan fingerprint density at radius 2 is 2.06 bits per heavy atom. The van der Waals surface area contributed by atoms with Crippen LogP contribution in [0, 0.1) is 5.82 Å². The molecule has 100 valence electrons. The molecule has 1 aromatic rings. The molecule has 0 aliphatic rings. The monoisotopic (exact) mass is 276 g/mol. The lowest BCUT2D eigenvalue weighted by molar-refractivity contribution is 0.0692. The summed E-state index contributed by atoms with van der Waals surface area (Å²) < 4.78 is 37.0. The fourth-order valence-corrected chi connectivity index (χ4v) is 1.71. The van der Waals surface area contributed by atoms with Gasteiger partial charge in [-0.05, 0) is 18.2 Å². The minimum Gasteiger partial charge on any atom is -0.478 e. The molecule has 0 aromatic heterocycles. The number of halogens is 1. The number of hydrogen-bond acceptors (Lipinski definition) is 4. The van der Waals surface area contributed by atoms with Gasteiger partial charge in [-0.25, -0.2) is 22.3 Å². The summed E-state index contributed by atoms with van der Waals surface area (Å²) in [6.45, 7) is 0.417. The maximum Gasteiger partial charge on any atom is 0.338 e. The third-order valence-corrected chi connectivity index (χ3v) is 2.75. The van der Waals surface area contributed by atoms with Crippen molar-refractivity contribution in [3.8, 4) is 0 Å². The number of sulfonamides is 1. The average molecular weight is 276 g/mol. The topological polar surface area (TPSA) is 95.5 Å². The van der Waals surface area contributed by atoms with Crippen molar-refractivity contribution < 1.29 is 22.7 Å². The van der Waals surface area contributed by atoms with Crippen LogP contribution in [0.3, 0.4) is 0 Å². The highest BCUT2D eigenvalue weighted by Crippen LogP contribution is 2.14. The maximum absolute atomic E-state index is 13.3. The minimum atomic E-state index is -3.25. The summed E-state index contributed by atoms with van der Waals surface area (Å²) in [7, 11) is -3.25. The van der Waals surface area contributed by atoms with E-state index >= 15 is 0 Å². The maximum atomic E-state index is 13.3. The molecule has 0 amide bonds. The largest absolute Gasteiger partial charge is 0.478 e. The highest BCUT2D eigenvalue weighted by molar-refractivity contribution is 7.88. The van der Waals surface area contributed by atoms with Crippen molar-refractivity contribution in [1.29, 1.82) is 0 Å². The highest BCUT2D eigenvalue weighted by atomic mass is 32.2. The van der Waals surface area contributed by atoms with E-state index in [0.717, 1.165) is 18.4 Å². The number of carboxylic acids is 1. The van der Waals surface area contributed by atoms with Gasteiger partial charge in [0.1, 0.15) is 5.82 Å². The van der Waals surface area contributed by atoms with Crippen molar-refractivity contribution in [2.45, 2.75) is 0 Å². The van der Waals surface area contributed by atoms with Gasteiger partial charge in [0.05, 0.1) is 11.8 Å². The SMILES string of the molecule is CS(=O)(=O)NCCNc1ccc(C(=O)O)c(F)c1. The van der Waals surface area contributed by atoms with Crippen molar-refractivity contribution in [2.75, 3.05) is 24.7 Å². The molecule has 0 bridgehead atoms.